The van der Waals surface area contributed by atoms with Crippen LogP contribution in [0.3, 0.4) is 0 Å². The van der Waals surface area contributed by atoms with E-state index >= 15 is 0 Å². The second-order valence-corrected chi connectivity index (χ2v) is 3.31. The van der Waals surface area contributed by atoms with Gasteiger partial charge >= 0.3 is 0 Å². The Kier molecular flexibility index (Phi) is 3.45. The molecule has 0 heterocycles. The van der Waals surface area contributed by atoms with E-state index in [0.717, 1.165) is 5.69 Å². The number of hydrogen-bond acceptors (Lipinski definition) is 3. The maximum Gasteiger partial charge on any atom is 0.221 e. The highest BCUT2D eigenvalue weighted by atomic mass is 16.6. The quantitative estimate of drug-likeness (QED) is 0.541. The van der Waals surface area contributed by atoms with Crippen LogP contribution in [0.25, 0.3) is 0 Å². The zero-order chi connectivity index (χ0) is 10.6. The molecule has 0 spiro atoms. The summed E-state index contributed by atoms with van der Waals surface area (Å²) in [5, 5.41) is 10.2. The number of anilines is 1. The first-order valence-electron chi connectivity index (χ1n) is 4.49. The molecule has 0 radical (unpaired) electrons. The van der Waals surface area contributed by atoms with Crippen LogP contribution >= 0.6 is 0 Å². The van der Waals surface area contributed by atoms with Crippen molar-refractivity contribution in [1.29, 1.82) is 0 Å². The van der Waals surface area contributed by atoms with Crippen LogP contribution in [0.15, 0.2) is 24.3 Å². The predicted molar refractivity (Wildman–Crippen MR) is 56.3 cm³/mol. The van der Waals surface area contributed by atoms with Gasteiger partial charge in [0.1, 0.15) is 0 Å². The van der Waals surface area contributed by atoms with Crippen molar-refractivity contribution in [3.05, 3.63) is 39.9 Å². The van der Waals surface area contributed by atoms with E-state index in [1.807, 2.05) is 43.1 Å². The molecule has 76 valence electrons. The Bertz CT molecular complexity index is 308. The first-order chi connectivity index (χ1) is 6.59. The fraction of sp³-hybridized carbons (Fsp3) is 0.400. The van der Waals surface area contributed by atoms with Crippen molar-refractivity contribution in [1.82, 2.24) is 0 Å². The largest absolute Gasteiger partial charge is 0.368 e. The van der Waals surface area contributed by atoms with Gasteiger partial charge in [0.2, 0.25) is 6.54 Å². The highest BCUT2D eigenvalue weighted by Gasteiger charge is 2.03. The van der Waals surface area contributed by atoms with Crippen LogP contribution in [0, 0.1) is 17.0 Å². The topological polar surface area (TPSA) is 46.4 Å². The second-order valence-electron chi connectivity index (χ2n) is 3.31. The molecule has 0 aliphatic carbocycles. The Morgan fingerprint density at radius 2 is 1.93 bits per heavy atom. The van der Waals surface area contributed by atoms with Gasteiger partial charge in [-0.15, -0.1) is 0 Å². The second kappa shape index (κ2) is 4.60. The monoisotopic (exact) mass is 194 g/mol. The van der Waals surface area contributed by atoms with E-state index in [-0.39, 0.29) is 11.5 Å². The van der Waals surface area contributed by atoms with Crippen LogP contribution in [0.1, 0.15) is 5.56 Å². The minimum atomic E-state index is -0.301. The molecule has 0 aliphatic heterocycles. The lowest BCUT2D eigenvalue weighted by atomic mass is 10.2. The van der Waals surface area contributed by atoms with Crippen molar-refractivity contribution >= 4 is 5.69 Å². The zero-order valence-corrected chi connectivity index (χ0v) is 8.43. The summed E-state index contributed by atoms with van der Waals surface area (Å²) < 4.78 is 0. The molecule has 1 rings (SSSR count). The molecule has 0 bridgehead atoms. The summed E-state index contributed by atoms with van der Waals surface area (Å²) in [6.07, 6.45) is 0. The van der Waals surface area contributed by atoms with Gasteiger partial charge < -0.3 is 4.90 Å². The van der Waals surface area contributed by atoms with Crippen molar-refractivity contribution in [2.24, 2.45) is 0 Å². The molecule has 0 amide bonds. The summed E-state index contributed by atoms with van der Waals surface area (Å²) in [4.78, 5) is 11.7. The molecule has 0 aromatic heterocycles. The molecule has 0 saturated heterocycles. The molecule has 14 heavy (non-hydrogen) atoms. The predicted octanol–water partition coefficient (Wildman–Crippen LogP) is 1.71. The van der Waals surface area contributed by atoms with Gasteiger partial charge in [-0.2, -0.15) is 0 Å². The maximum atomic E-state index is 10.2. The Labute approximate surface area is 83.3 Å². The van der Waals surface area contributed by atoms with Gasteiger partial charge in [-0.25, -0.2) is 0 Å². The average Bonchev–Trinajstić information content (AvgIpc) is 2.15. The first-order valence-corrected chi connectivity index (χ1v) is 4.49. The first kappa shape index (κ1) is 10.5. The number of benzene rings is 1. The number of nitro groups is 1. The zero-order valence-electron chi connectivity index (χ0n) is 8.43. The van der Waals surface area contributed by atoms with Crippen LogP contribution in [-0.4, -0.2) is 25.1 Å². The summed E-state index contributed by atoms with van der Waals surface area (Å²) in [5.41, 5.74) is 2.20. The van der Waals surface area contributed by atoms with Gasteiger partial charge in [0.05, 0.1) is 6.54 Å². The van der Waals surface area contributed by atoms with Gasteiger partial charge in [-0.1, -0.05) is 17.7 Å². The minimum absolute atomic E-state index is 0.0234. The van der Waals surface area contributed by atoms with Gasteiger partial charge in [0.15, 0.2) is 0 Å². The minimum Gasteiger partial charge on any atom is -0.368 e. The van der Waals surface area contributed by atoms with Crippen LogP contribution in [0.5, 0.6) is 0 Å². The fourth-order valence-corrected chi connectivity index (χ4v) is 1.16. The Balaban J connectivity index is 2.56. The Morgan fingerprint density at radius 1 is 1.36 bits per heavy atom. The third kappa shape index (κ3) is 3.05. The maximum absolute atomic E-state index is 10.2. The van der Waals surface area contributed by atoms with Gasteiger partial charge in [-0.05, 0) is 19.1 Å². The standard InChI is InChI=1S/C10H14N2O2/c1-9-3-5-10(6-4-9)11(2)7-8-12(13)14/h3-6H,7-8H2,1-2H3. The molecule has 0 N–H and O–H groups in total. The Morgan fingerprint density at radius 3 is 2.43 bits per heavy atom. The van der Waals surface area contributed by atoms with E-state index in [0.29, 0.717) is 6.54 Å². The van der Waals surface area contributed by atoms with E-state index in [1.54, 1.807) is 0 Å². The van der Waals surface area contributed by atoms with Crippen molar-refractivity contribution in [2.75, 3.05) is 25.0 Å². The molecule has 1 aromatic rings. The van der Waals surface area contributed by atoms with Crippen molar-refractivity contribution in [2.45, 2.75) is 6.92 Å². The van der Waals surface area contributed by atoms with Gasteiger partial charge in [0.25, 0.3) is 0 Å². The van der Waals surface area contributed by atoms with Crippen molar-refractivity contribution in [3.8, 4) is 0 Å². The SMILES string of the molecule is Cc1ccc(N(C)CC[N+](=O)[O-])cc1. The number of hydrogen-bond donors (Lipinski definition) is 0. The lowest BCUT2D eigenvalue weighted by Gasteiger charge is -2.16. The fourth-order valence-electron chi connectivity index (χ4n) is 1.16. The lowest BCUT2D eigenvalue weighted by Crippen LogP contribution is -2.24. The number of nitrogens with zero attached hydrogens (tertiary/aromatic N) is 2. The molecule has 0 saturated carbocycles. The molecule has 0 atom stereocenters. The van der Waals surface area contributed by atoms with Gasteiger partial charge in [-0.3, -0.25) is 10.1 Å². The molecule has 0 unspecified atom stereocenters. The number of rotatable bonds is 4. The van der Waals surface area contributed by atoms with Gasteiger partial charge in [0, 0.05) is 17.7 Å². The molecule has 4 nitrogen and oxygen atoms in total. The van der Waals surface area contributed by atoms with Crippen LogP contribution in [-0.2, 0) is 0 Å². The normalized spacial score (nSPS) is 9.86. The third-order valence-corrected chi connectivity index (χ3v) is 2.09. The van der Waals surface area contributed by atoms with E-state index < -0.39 is 0 Å². The summed E-state index contributed by atoms with van der Waals surface area (Å²) in [7, 11) is 1.86. The summed E-state index contributed by atoms with van der Waals surface area (Å²) in [5.74, 6) is 0. The van der Waals surface area contributed by atoms with E-state index in [1.165, 1.54) is 5.56 Å². The lowest BCUT2D eigenvalue weighted by molar-refractivity contribution is -0.476. The van der Waals surface area contributed by atoms with Crippen molar-refractivity contribution in [3.63, 3.8) is 0 Å². The van der Waals surface area contributed by atoms with E-state index in [2.05, 4.69) is 0 Å². The summed E-state index contributed by atoms with van der Waals surface area (Å²) in [6, 6.07) is 7.93. The van der Waals surface area contributed by atoms with Crippen LogP contribution in [0.2, 0.25) is 0 Å². The summed E-state index contributed by atoms with van der Waals surface area (Å²) >= 11 is 0. The molecule has 0 fully saturated rings. The van der Waals surface area contributed by atoms with Crippen LogP contribution < -0.4 is 4.90 Å². The molecular weight excluding hydrogens is 180 g/mol. The number of aryl methyl sites for hydroxylation is 1. The molecule has 4 heteroatoms. The smallest absolute Gasteiger partial charge is 0.221 e. The highest BCUT2D eigenvalue weighted by molar-refractivity contribution is 5.46. The highest BCUT2D eigenvalue weighted by Crippen LogP contribution is 2.12. The number of likely N-dealkylation sites (N-methyl/N-ethyl adjacent to an activating group) is 1. The Hall–Kier alpha value is -1.58. The third-order valence-electron chi connectivity index (χ3n) is 2.09. The van der Waals surface area contributed by atoms with Crippen LogP contribution in [0.4, 0.5) is 5.69 Å². The molecular formula is C10H14N2O2. The summed E-state index contributed by atoms with van der Waals surface area (Å²) in [6.45, 7) is 2.43. The van der Waals surface area contributed by atoms with E-state index in [4.69, 9.17) is 0 Å². The van der Waals surface area contributed by atoms with Crippen molar-refractivity contribution < 1.29 is 4.92 Å². The molecule has 0 aliphatic rings. The molecule has 1 aromatic carbocycles. The van der Waals surface area contributed by atoms with E-state index in [9.17, 15) is 10.1 Å². The average molecular weight is 194 g/mol.